The molecule has 0 atom stereocenters. The maximum absolute atomic E-state index is 12.7. The van der Waals surface area contributed by atoms with E-state index in [4.69, 9.17) is 0 Å². The summed E-state index contributed by atoms with van der Waals surface area (Å²) in [5.41, 5.74) is 2.09. The number of carbonyl (C=O) groups excluding carboxylic acids is 2. The Morgan fingerprint density at radius 1 is 1.00 bits per heavy atom. The number of anilines is 2. The summed E-state index contributed by atoms with van der Waals surface area (Å²) in [6.45, 7) is 2.26. The van der Waals surface area contributed by atoms with Crippen LogP contribution in [0.1, 0.15) is 41.0 Å². The van der Waals surface area contributed by atoms with E-state index in [0.717, 1.165) is 31.5 Å². The largest absolute Gasteiger partial charge is 0.346 e. The molecule has 31 heavy (non-hydrogen) atoms. The van der Waals surface area contributed by atoms with Crippen molar-refractivity contribution in [3.63, 3.8) is 0 Å². The van der Waals surface area contributed by atoms with Crippen molar-refractivity contribution >= 4 is 23.2 Å². The van der Waals surface area contributed by atoms with Gasteiger partial charge < -0.3 is 10.6 Å². The molecule has 160 valence electrons. The minimum atomic E-state index is -0.362. The molecule has 4 rings (SSSR count). The first kappa shape index (κ1) is 20.6. The molecule has 0 saturated heterocycles. The first-order valence-electron chi connectivity index (χ1n) is 10.5. The van der Waals surface area contributed by atoms with E-state index in [1.54, 1.807) is 29.7 Å². The Bertz CT molecular complexity index is 1160. The Balaban J connectivity index is 1.47. The summed E-state index contributed by atoms with van der Waals surface area (Å²) < 4.78 is 2.89. The second-order valence-electron chi connectivity index (χ2n) is 7.67. The predicted octanol–water partition coefficient (Wildman–Crippen LogP) is 2.97. The van der Waals surface area contributed by atoms with Gasteiger partial charge in [-0.2, -0.15) is 5.10 Å². The number of hydrogen-bond acceptors (Lipinski definition) is 4. The van der Waals surface area contributed by atoms with Gasteiger partial charge in [-0.25, -0.2) is 9.48 Å². The summed E-state index contributed by atoms with van der Waals surface area (Å²) in [7, 11) is 0. The fourth-order valence-electron chi connectivity index (χ4n) is 3.79. The molecule has 1 aromatic heterocycles. The minimum absolute atomic E-state index is 0.168. The highest BCUT2D eigenvalue weighted by molar-refractivity contribution is 6.06. The third-order valence-electron chi connectivity index (χ3n) is 5.46. The zero-order valence-electron chi connectivity index (χ0n) is 17.4. The average molecular weight is 419 g/mol. The Morgan fingerprint density at radius 3 is 2.61 bits per heavy atom. The van der Waals surface area contributed by atoms with E-state index < -0.39 is 0 Å². The Hall–Kier alpha value is -3.68. The zero-order chi connectivity index (χ0) is 21.8. The van der Waals surface area contributed by atoms with Crippen molar-refractivity contribution in [2.24, 2.45) is 0 Å². The van der Waals surface area contributed by atoms with Crippen molar-refractivity contribution in [2.45, 2.75) is 45.7 Å². The van der Waals surface area contributed by atoms with Crippen LogP contribution < -0.4 is 16.3 Å². The molecule has 3 aromatic rings. The van der Waals surface area contributed by atoms with E-state index in [9.17, 15) is 14.4 Å². The number of rotatable bonds is 5. The summed E-state index contributed by atoms with van der Waals surface area (Å²) in [5, 5.41) is 10.0. The van der Waals surface area contributed by atoms with Gasteiger partial charge in [-0.05, 0) is 49.6 Å². The number of nitrogens with zero attached hydrogens (tertiary/aromatic N) is 3. The Morgan fingerprint density at radius 2 is 1.81 bits per heavy atom. The lowest BCUT2D eigenvalue weighted by atomic mass is 10.1. The van der Waals surface area contributed by atoms with Crippen molar-refractivity contribution in [3.05, 3.63) is 76.0 Å². The molecule has 0 fully saturated rings. The predicted molar refractivity (Wildman–Crippen MR) is 118 cm³/mol. The summed E-state index contributed by atoms with van der Waals surface area (Å²) >= 11 is 0. The van der Waals surface area contributed by atoms with E-state index in [-0.39, 0.29) is 24.0 Å². The van der Waals surface area contributed by atoms with Crippen LogP contribution in [0, 0.1) is 6.92 Å². The number of aromatic nitrogens is 3. The molecule has 0 radical (unpaired) electrons. The SMILES string of the molecule is Cc1c(NC(=O)Cn2nc3n(c2=O)CCCCC3)cccc1C(=O)Nc1ccccc1. The lowest BCUT2D eigenvalue weighted by Gasteiger charge is -2.13. The van der Waals surface area contributed by atoms with Gasteiger partial charge in [0, 0.05) is 29.9 Å². The highest BCUT2D eigenvalue weighted by Gasteiger charge is 2.18. The van der Waals surface area contributed by atoms with E-state index in [1.165, 1.54) is 4.68 Å². The first-order chi connectivity index (χ1) is 15.0. The van der Waals surface area contributed by atoms with Crippen LogP contribution in [0.4, 0.5) is 11.4 Å². The number of nitrogens with one attached hydrogen (secondary N) is 2. The number of amides is 2. The van der Waals surface area contributed by atoms with Gasteiger partial charge in [-0.3, -0.25) is 14.2 Å². The number of benzene rings is 2. The van der Waals surface area contributed by atoms with E-state index in [1.807, 2.05) is 30.3 Å². The second-order valence-corrected chi connectivity index (χ2v) is 7.67. The maximum Gasteiger partial charge on any atom is 0.346 e. The van der Waals surface area contributed by atoms with E-state index in [0.29, 0.717) is 29.0 Å². The van der Waals surface area contributed by atoms with E-state index in [2.05, 4.69) is 15.7 Å². The summed E-state index contributed by atoms with van der Waals surface area (Å²) in [6.07, 6.45) is 3.78. The van der Waals surface area contributed by atoms with Gasteiger partial charge >= 0.3 is 5.69 Å². The highest BCUT2D eigenvalue weighted by Crippen LogP contribution is 2.20. The number of aryl methyl sites for hydroxylation is 1. The molecule has 0 aliphatic carbocycles. The quantitative estimate of drug-likeness (QED) is 0.664. The smallest absolute Gasteiger partial charge is 0.324 e. The third-order valence-corrected chi connectivity index (χ3v) is 5.46. The molecule has 1 aliphatic heterocycles. The lowest BCUT2D eigenvalue weighted by Crippen LogP contribution is -2.30. The van der Waals surface area contributed by atoms with Gasteiger partial charge in [0.15, 0.2) is 0 Å². The molecular formula is C23H25N5O3. The number of carbonyl (C=O) groups is 2. The van der Waals surface area contributed by atoms with Crippen LogP contribution in [0.2, 0.25) is 0 Å². The van der Waals surface area contributed by atoms with Gasteiger partial charge in [0.2, 0.25) is 5.91 Å². The summed E-state index contributed by atoms with van der Waals surface area (Å²) in [5.74, 6) is 0.124. The van der Waals surface area contributed by atoms with Crippen LogP contribution in [-0.4, -0.2) is 26.2 Å². The number of para-hydroxylation sites is 1. The maximum atomic E-state index is 12.7. The van der Waals surface area contributed by atoms with Gasteiger partial charge in [0.05, 0.1) is 0 Å². The normalized spacial score (nSPS) is 13.2. The standard InChI is InChI=1S/C23H25N5O3/c1-16-18(22(30)24-17-9-4-2-5-10-17)11-8-12-19(16)25-21(29)15-28-23(31)27-14-7-3-6-13-20(27)26-28/h2,4-5,8-12H,3,6-7,13-15H2,1H3,(H,24,30)(H,25,29). The molecule has 8 heteroatoms. The van der Waals surface area contributed by atoms with Crippen LogP contribution in [0.25, 0.3) is 0 Å². The highest BCUT2D eigenvalue weighted by atomic mass is 16.2. The molecule has 0 unspecified atom stereocenters. The van der Waals surface area contributed by atoms with Gasteiger partial charge in [0.25, 0.3) is 5.91 Å². The van der Waals surface area contributed by atoms with Crippen LogP contribution >= 0.6 is 0 Å². The minimum Gasteiger partial charge on any atom is -0.324 e. The van der Waals surface area contributed by atoms with Crippen LogP contribution in [0.3, 0.4) is 0 Å². The fourth-order valence-corrected chi connectivity index (χ4v) is 3.79. The second kappa shape index (κ2) is 8.99. The van der Waals surface area contributed by atoms with Gasteiger partial charge in [-0.1, -0.05) is 30.7 Å². The van der Waals surface area contributed by atoms with Crippen molar-refractivity contribution in [3.8, 4) is 0 Å². The molecule has 0 bridgehead atoms. The topological polar surface area (TPSA) is 98.0 Å². The summed E-state index contributed by atoms with van der Waals surface area (Å²) in [4.78, 5) is 37.9. The van der Waals surface area contributed by atoms with Crippen molar-refractivity contribution in [1.82, 2.24) is 14.3 Å². The molecule has 2 amide bonds. The molecule has 1 aliphatic rings. The summed E-state index contributed by atoms with van der Waals surface area (Å²) in [6, 6.07) is 14.3. The van der Waals surface area contributed by atoms with Gasteiger partial charge in [-0.15, -0.1) is 0 Å². The fraction of sp³-hybridized carbons (Fsp3) is 0.304. The molecule has 2 heterocycles. The van der Waals surface area contributed by atoms with Crippen molar-refractivity contribution in [2.75, 3.05) is 10.6 Å². The zero-order valence-corrected chi connectivity index (χ0v) is 17.4. The van der Waals surface area contributed by atoms with Crippen LogP contribution in [-0.2, 0) is 24.3 Å². The lowest BCUT2D eigenvalue weighted by molar-refractivity contribution is -0.117. The molecule has 0 saturated carbocycles. The van der Waals surface area contributed by atoms with Crippen LogP contribution in [0.5, 0.6) is 0 Å². The number of fused-ring (bicyclic) bond motifs is 1. The van der Waals surface area contributed by atoms with Crippen molar-refractivity contribution < 1.29 is 9.59 Å². The molecule has 2 N–H and O–H groups in total. The molecule has 0 spiro atoms. The van der Waals surface area contributed by atoms with Crippen LogP contribution in [0.15, 0.2) is 53.3 Å². The third kappa shape index (κ3) is 4.58. The first-order valence-corrected chi connectivity index (χ1v) is 10.5. The van der Waals surface area contributed by atoms with E-state index >= 15 is 0 Å². The molecule has 2 aromatic carbocycles. The monoisotopic (exact) mass is 419 g/mol. The molecule has 8 nitrogen and oxygen atoms in total. The molecular weight excluding hydrogens is 394 g/mol. The Labute approximate surface area is 179 Å². The number of hydrogen-bond donors (Lipinski definition) is 2. The average Bonchev–Trinajstić information content (AvgIpc) is 2.92. The van der Waals surface area contributed by atoms with Crippen molar-refractivity contribution in [1.29, 1.82) is 0 Å². The Kier molecular flexibility index (Phi) is 5.97. The van der Waals surface area contributed by atoms with Gasteiger partial charge in [0.1, 0.15) is 12.4 Å².